The van der Waals surface area contributed by atoms with Gasteiger partial charge in [-0.1, -0.05) is 413 Å². The van der Waals surface area contributed by atoms with E-state index in [1.807, 2.05) is 0 Å². The first-order valence-corrected chi connectivity index (χ1v) is 50.7. The second-order valence-corrected chi connectivity index (χ2v) is 39.0. The number of aromatic nitrogens is 1. The first-order chi connectivity index (χ1) is 72.5. The summed E-state index contributed by atoms with van der Waals surface area (Å²) in [6, 6.07) is 196. The van der Waals surface area contributed by atoms with Gasteiger partial charge in [-0.25, -0.2) is 0 Å². The molecule has 146 heavy (non-hydrogen) atoms. The highest BCUT2D eigenvalue weighted by Gasteiger charge is 2.55. The molecule has 22 aromatic carbocycles. The molecule has 2 aromatic heterocycles. The van der Waals surface area contributed by atoms with Crippen molar-refractivity contribution < 1.29 is 4.42 Å². The normalized spacial score (nSPS) is 13.6. The Labute approximate surface area is 848 Å². The van der Waals surface area contributed by atoms with Crippen LogP contribution in [0.3, 0.4) is 0 Å². The fourth-order valence-corrected chi connectivity index (χ4v) is 25.3. The summed E-state index contributed by atoms with van der Waals surface area (Å²) in [6.07, 6.45) is 6.31. The number of hydrogen-bond donors (Lipinski definition) is 0. The van der Waals surface area contributed by atoms with Crippen molar-refractivity contribution in [2.45, 2.75) is 23.7 Å². The molecule has 4 heterocycles. The molecule has 6 heteroatoms. The maximum absolute atomic E-state index is 7.23. The third kappa shape index (κ3) is 12.9. The van der Waals surface area contributed by atoms with E-state index in [4.69, 9.17) is 4.42 Å². The second-order valence-electron chi connectivity index (χ2n) is 39.0. The number of nitrogens with zero attached hydrogens (tertiary/aromatic N) is 5. The number of benzene rings is 22. The number of allylic oxidation sites excluding steroid dienone is 4. The van der Waals surface area contributed by atoms with Gasteiger partial charge in [0.2, 0.25) is 0 Å². The highest BCUT2D eigenvalue weighted by molar-refractivity contribution is 6.13. The van der Waals surface area contributed by atoms with Gasteiger partial charge < -0.3 is 28.6 Å². The summed E-state index contributed by atoms with van der Waals surface area (Å²) in [4.78, 5) is 10.1. The Morgan fingerprint density at radius 1 is 0.212 bits per heavy atom. The number of rotatable bonds is 16. The monoisotopic (exact) mass is 1860 g/mol. The third-order valence-corrected chi connectivity index (χ3v) is 31.5. The van der Waals surface area contributed by atoms with Gasteiger partial charge in [-0.15, -0.1) is 0 Å². The van der Waals surface area contributed by atoms with Crippen LogP contribution in [0.1, 0.15) is 62.9 Å². The zero-order valence-electron chi connectivity index (χ0n) is 79.9. The van der Waals surface area contributed by atoms with Crippen LogP contribution in [0.25, 0.3) is 144 Å². The molecule has 5 aliphatic rings. The molecule has 6 nitrogen and oxygen atoms in total. The third-order valence-electron chi connectivity index (χ3n) is 31.5. The van der Waals surface area contributed by atoms with Crippen molar-refractivity contribution in [3.05, 3.63) is 596 Å². The van der Waals surface area contributed by atoms with Gasteiger partial charge in [-0.3, -0.25) is 0 Å². The molecule has 0 atom stereocenters. The van der Waals surface area contributed by atoms with Crippen molar-refractivity contribution in [3.63, 3.8) is 0 Å². The maximum Gasteiger partial charge on any atom is 0.142 e. The molecular formula is C140H93N5O. The summed E-state index contributed by atoms with van der Waals surface area (Å²) in [5, 5.41) is 4.62. The molecule has 0 bridgehead atoms. The average molecular weight is 1860 g/mol. The van der Waals surface area contributed by atoms with Crippen molar-refractivity contribution in [1.29, 1.82) is 0 Å². The minimum absolute atomic E-state index is 0.655. The quantitative estimate of drug-likeness (QED) is 0.0962. The SMILES string of the molecule is C1=C(c2cccc3c2oc2ccc(-c4cccc(N5c6ccccc6C6(c7ccccc7-c7c(N(c8ccc(-c9ccc%10c%11ccccc%11n(-c%11ccccc%11)c%10c9)cc8)c8ccccc8-c8ccc(-c9ccccc9)cc8)cccc76)c6ccccc65)c4)cc23)CCC(N(c2ccccc2-c2ccc(-c3ccccc3)cc2)c2cccc3c2-c2ccccc2C32c3ccccc3N(c3ccccc3)c3ccccc32)=C1. The van der Waals surface area contributed by atoms with Crippen LogP contribution in [0.15, 0.2) is 550 Å². The highest BCUT2D eigenvalue weighted by Crippen LogP contribution is 2.69. The smallest absolute Gasteiger partial charge is 0.142 e. The van der Waals surface area contributed by atoms with E-state index in [-0.39, 0.29) is 0 Å². The standard InChI is InChI=1S/C140H93N5O/c1-5-35-92(36-6-1)94-69-73-97(74-70-94)108-45-15-24-60-125(108)141(105-83-77-96(78-84-105)102-81-87-112-111-47-17-26-62-127(111)143(134(112)91-102)103-40-9-3-10-41-103)132-67-34-59-124-137(132)115-49-14-19-53-118(115)140(124)121-56-22-29-65-130(121)145(131-66-30-23-57-122(131)140)107-44-31-39-100(89-107)101-82-88-135-116(90-101)113-51-32-50-110(138(113)146-135)99-79-85-106(86-80-99)142(126-61-25-16-46-109(126)98-75-71-95(72-76-98)93-37-7-2-8-38-93)133-68-33-58-123-136(133)114-48-13-18-52-117(114)139(123)119-54-20-27-63-128(119)144(104-42-11-4-12-43-104)129-64-28-21-55-120(129)139/h1-79,81-85,87-91H,80,86H2. The topological polar surface area (TPSA) is 31.0 Å². The van der Waals surface area contributed by atoms with E-state index in [2.05, 4.69) is 564 Å². The van der Waals surface area contributed by atoms with Crippen molar-refractivity contribution in [1.82, 2.24) is 4.57 Å². The Balaban J connectivity index is 0.530. The fraction of sp³-hybridized carbons (Fsp3) is 0.0286. The number of furan rings is 1. The van der Waals surface area contributed by atoms with Gasteiger partial charge in [-0.2, -0.15) is 0 Å². The van der Waals surface area contributed by atoms with Crippen LogP contribution in [-0.4, -0.2) is 4.57 Å². The summed E-state index contributed by atoms with van der Waals surface area (Å²) < 4.78 is 9.63. The molecule has 0 N–H and O–H groups in total. The van der Waals surface area contributed by atoms with Crippen LogP contribution in [0.5, 0.6) is 0 Å². The van der Waals surface area contributed by atoms with Crippen LogP contribution >= 0.6 is 0 Å². The van der Waals surface area contributed by atoms with Crippen molar-refractivity contribution in [2.75, 3.05) is 19.6 Å². The van der Waals surface area contributed by atoms with Crippen molar-refractivity contribution in [2.24, 2.45) is 0 Å². The molecule has 24 aromatic rings. The van der Waals surface area contributed by atoms with E-state index in [0.29, 0.717) is 0 Å². The Kier molecular flexibility index (Phi) is 19.5. The molecule has 29 rings (SSSR count). The highest BCUT2D eigenvalue weighted by atomic mass is 16.3. The molecule has 0 saturated heterocycles. The zero-order valence-corrected chi connectivity index (χ0v) is 79.9. The maximum atomic E-state index is 7.23. The Bertz CT molecular complexity index is 9350. The molecule has 0 amide bonds. The predicted molar refractivity (Wildman–Crippen MR) is 607 cm³/mol. The lowest BCUT2D eigenvalue weighted by atomic mass is 9.64. The molecule has 2 spiro atoms. The minimum Gasteiger partial charge on any atom is -0.455 e. The van der Waals surface area contributed by atoms with Gasteiger partial charge in [0.25, 0.3) is 0 Å². The molecule has 0 saturated carbocycles. The molecule has 3 aliphatic carbocycles. The first kappa shape index (κ1) is 84.0. The molecular weight excluding hydrogens is 1770 g/mol. The number of anilines is 11. The largest absolute Gasteiger partial charge is 0.455 e. The van der Waals surface area contributed by atoms with E-state index in [9.17, 15) is 0 Å². The first-order valence-electron chi connectivity index (χ1n) is 50.7. The minimum atomic E-state index is -0.751. The number of para-hydroxylation sites is 10. The molecule has 0 unspecified atom stereocenters. The predicted octanol–water partition coefficient (Wildman–Crippen LogP) is 37.3. The number of hydrogen-bond acceptors (Lipinski definition) is 5. The average Bonchev–Trinajstić information content (AvgIpc) is 1.52. The van der Waals surface area contributed by atoms with Crippen LogP contribution in [0.4, 0.5) is 62.6 Å². The van der Waals surface area contributed by atoms with E-state index < -0.39 is 10.8 Å². The van der Waals surface area contributed by atoms with Crippen LogP contribution in [-0.2, 0) is 10.8 Å². The second kappa shape index (κ2) is 34.0. The molecule has 2 aliphatic heterocycles. The summed E-state index contributed by atoms with van der Waals surface area (Å²) in [6.45, 7) is 0. The van der Waals surface area contributed by atoms with Crippen LogP contribution < -0.4 is 19.6 Å². The summed E-state index contributed by atoms with van der Waals surface area (Å²) in [7, 11) is 0. The van der Waals surface area contributed by atoms with Gasteiger partial charge in [0.1, 0.15) is 11.2 Å². The van der Waals surface area contributed by atoms with E-state index in [1.54, 1.807) is 0 Å². The van der Waals surface area contributed by atoms with Crippen molar-refractivity contribution in [3.8, 4) is 94.7 Å². The lowest BCUT2D eigenvalue weighted by Gasteiger charge is -2.45. The summed E-state index contributed by atoms with van der Waals surface area (Å²) >= 11 is 0. The van der Waals surface area contributed by atoms with E-state index in [1.165, 1.54) is 133 Å². The van der Waals surface area contributed by atoms with Crippen LogP contribution in [0, 0.1) is 0 Å². The Morgan fingerprint density at radius 2 is 0.582 bits per heavy atom. The fourth-order valence-electron chi connectivity index (χ4n) is 25.3. The van der Waals surface area contributed by atoms with Crippen LogP contribution in [0.2, 0.25) is 0 Å². The molecule has 684 valence electrons. The summed E-state index contributed by atoms with van der Waals surface area (Å²) in [5.74, 6) is 0. The van der Waals surface area contributed by atoms with E-state index in [0.717, 1.165) is 142 Å². The zero-order chi connectivity index (χ0) is 96.1. The number of fused-ring (bicyclic) bond motifs is 24. The van der Waals surface area contributed by atoms with Gasteiger partial charge in [0.15, 0.2) is 0 Å². The lowest BCUT2D eigenvalue weighted by Crippen LogP contribution is -2.36. The van der Waals surface area contributed by atoms with Crippen molar-refractivity contribution >= 4 is 112 Å². The summed E-state index contributed by atoms with van der Waals surface area (Å²) in [5.41, 5.74) is 48.2. The molecule has 0 fully saturated rings. The Morgan fingerprint density at radius 3 is 1.14 bits per heavy atom. The van der Waals surface area contributed by atoms with Gasteiger partial charge in [0, 0.05) is 77.8 Å². The lowest BCUT2D eigenvalue weighted by molar-refractivity contribution is 0.667. The molecule has 0 radical (unpaired) electrons. The Hall–Kier alpha value is -18.9. The van der Waals surface area contributed by atoms with Gasteiger partial charge >= 0.3 is 0 Å². The van der Waals surface area contributed by atoms with E-state index >= 15 is 0 Å². The van der Waals surface area contributed by atoms with Gasteiger partial charge in [0.05, 0.1) is 67.4 Å². The van der Waals surface area contributed by atoms with Gasteiger partial charge in [-0.05, 0) is 257 Å².